The lowest BCUT2D eigenvalue weighted by Gasteiger charge is -2.23. The molecule has 2 aliphatic rings. The first kappa shape index (κ1) is 25.8. The Morgan fingerprint density at radius 2 is 1.78 bits per heavy atom. The summed E-state index contributed by atoms with van der Waals surface area (Å²) in [5, 5.41) is 4.05. The molecule has 4 nitrogen and oxygen atoms in total. The Hall–Kier alpha value is -1.82. The minimum absolute atomic E-state index is 0.0599. The number of halogens is 5. The Morgan fingerprint density at radius 1 is 1.03 bits per heavy atom. The van der Waals surface area contributed by atoms with Crippen molar-refractivity contribution in [2.45, 2.75) is 35.9 Å². The predicted molar refractivity (Wildman–Crippen MR) is 146 cm³/mol. The molecule has 1 N–H and O–H groups in total. The highest BCUT2D eigenvalue weighted by Gasteiger charge is 2.67. The number of aryl methyl sites for hydroxylation is 1. The lowest BCUT2D eigenvalue weighted by atomic mass is 9.83. The summed E-state index contributed by atoms with van der Waals surface area (Å²) in [6, 6.07) is 13.9. The third-order valence-electron chi connectivity index (χ3n) is 6.87. The first-order valence-electron chi connectivity index (χ1n) is 11.5. The summed E-state index contributed by atoms with van der Waals surface area (Å²) < 4.78 is -1.30. The van der Waals surface area contributed by atoms with Crippen molar-refractivity contribution in [1.29, 1.82) is 0 Å². The molecule has 186 valence electrons. The van der Waals surface area contributed by atoms with Crippen LogP contribution in [0.2, 0.25) is 15.1 Å². The lowest BCUT2D eigenvalue weighted by molar-refractivity contribution is -0.117. The van der Waals surface area contributed by atoms with Crippen molar-refractivity contribution in [3.63, 3.8) is 0 Å². The quantitative estimate of drug-likeness (QED) is 0.237. The molecule has 1 amide bonds. The van der Waals surface area contributed by atoms with Crippen molar-refractivity contribution >= 4 is 75.4 Å². The molecule has 1 fully saturated rings. The largest absolute Gasteiger partial charge is 0.326 e. The second-order valence-electron chi connectivity index (χ2n) is 9.36. The lowest BCUT2D eigenvalue weighted by Crippen LogP contribution is -2.19. The van der Waals surface area contributed by atoms with Crippen LogP contribution >= 0.6 is 58.0 Å². The van der Waals surface area contributed by atoms with Gasteiger partial charge < -0.3 is 5.32 Å². The fourth-order valence-electron chi connectivity index (χ4n) is 5.04. The van der Waals surface area contributed by atoms with Gasteiger partial charge >= 0.3 is 0 Å². The fourth-order valence-corrected chi connectivity index (χ4v) is 6.64. The zero-order valence-corrected chi connectivity index (χ0v) is 22.7. The van der Waals surface area contributed by atoms with Gasteiger partial charge in [-0.3, -0.25) is 14.6 Å². The molecule has 9 heteroatoms. The number of rotatable bonds is 6. The molecule has 0 bridgehead atoms. The molecule has 3 unspecified atom stereocenters. The molecule has 1 heterocycles. The fraction of sp³-hybridized carbons (Fsp3) is 0.296. The van der Waals surface area contributed by atoms with Gasteiger partial charge in [-0.05, 0) is 78.8 Å². The van der Waals surface area contributed by atoms with Crippen LogP contribution in [0.4, 0.5) is 5.69 Å². The molecule has 36 heavy (non-hydrogen) atoms. The van der Waals surface area contributed by atoms with Gasteiger partial charge in [0, 0.05) is 45.5 Å². The number of pyridine rings is 1. The number of alkyl halides is 2. The Labute approximate surface area is 234 Å². The monoisotopic (exact) mass is 580 g/mol. The van der Waals surface area contributed by atoms with Crippen molar-refractivity contribution in [2.75, 3.05) is 5.32 Å². The molecule has 3 aromatic rings. The number of Topliss-reactive ketones (excluding diaryl/α,β-unsaturated/α-hetero) is 1. The van der Waals surface area contributed by atoms with Gasteiger partial charge in [-0.15, -0.1) is 23.2 Å². The Kier molecular flexibility index (Phi) is 7.28. The van der Waals surface area contributed by atoms with Crippen LogP contribution in [0.25, 0.3) is 0 Å². The van der Waals surface area contributed by atoms with Crippen LogP contribution in [0.15, 0.2) is 54.7 Å². The van der Waals surface area contributed by atoms with E-state index in [-0.39, 0.29) is 17.6 Å². The number of benzene rings is 2. The van der Waals surface area contributed by atoms with Gasteiger partial charge in [0.1, 0.15) is 4.33 Å². The average Bonchev–Trinajstić information content (AvgIpc) is 3.41. The number of amides is 1. The maximum Gasteiger partial charge on any atom is 0.231 e. The highest BCUT2D eigenvalue weighted by atomic mass is 35.5. The normalized spacial score (nSPS) is 22.0. The smallest absolute Gasteiger partial charge is 0.231 e. The van der Waals surface area contributed by atoms with Crippen LogP contribution in [0.5, 0.6) is 0 Å². The number of ketones is 1. The first-order chi connectivity index (χ1) is 17.1. The predicted octanol–water partition coefficient (Wildman–Crippen LogP) is 7.95. The molecule has 2 aromatic carbocycles. The van der Waals surface area contributed by atoms with E-state index in [9.17, 15) is 9.59 Å². The third kappa shape index (κ3) is 5.25. The molecule has 2 aliphatic carbocycles. The SMILES string of the molecule is O=C(CC1CCc2ncccc2C1)c1cc(NC(=O)C2C(c3cc(Cl)cc(Cl)c3)C2(Cl)Cl)ccc1Cl. The number of hydrogen-bond acceptors (Lipinski definition) is 3. The number of carbonyl (C=O) groups is 2. The van der Waals surface area contributed by atoms with Crippen LogP contribution in [0, 0.1) is 11.8 Å². The molecule has 1 aromatic heterocycles. The minimum atomic E-state index is -1.30. The summed E-state index contributed by atoms with van der Waals surface area (Å²) in [7, 11) is 0. The molecule has 1 saturated carbocycles. The summed E-state index contributed by atoms with van der Waals surface area (Å²) in [5.41, 5.74) is 3.82. The van der Waals surface area contributed by atoms with Gasteiger partial charge in [-0.1, -0.05) is 40.9 Å². The number of aromatic nitrogens is 1. The molecular formula is C27H21Cl5N2O2. The Morgan fingerprint density at radius 3 is 2.53 bits per heavy atom. The maximum atomic E-state index is 13.2. The van der Waals surface area contributed by atoms with Gasteiger partial charge in [-0.25, -0.2) is 0 Å². The van der Waals surface area contributed by atoms with E-state index in [1.54, 1.807) is 42.6 Å². The number of carbonyl (C=O) groups excluding carboxylic acids is 2. The second kappa shape index (κ2) is 10.2. The summed E-state index contributed by atoms with van der Waals surface area (Å²) in [6.45, 7) is 0. The van der Waals surface area contributed by atoms with E-state index in [1.165, 1.54) is 5.56 Å². The highest BCUT2D eigenvalue weighted by molar-refractivity contribution is 6.53. The topological polar surface area (TPSA) is 59.1 Å². The zero-order chi connectivity index (χ0) is 25.6. The van der Waals surface area contributed by atoms with Gasteiger partial charge in [0.2, 0.25) is 5.91 Å². The van der Waals surface area contributed by atoms with Crippen molar-refractivity contribution in [3.8, 4) is 0 Å². The minimum Gasteiger partial charge on any atom is -0.326 e. The van der Waals surface area contributed by atoms with Crippen molar-refractivity contribution in [2.24, 2.45) is 11.8 Å². The molecule has 0 radical (unpaired) electrons. The van der Waals surface area contributed by atoms with Crippen LogP contribution in [-0.2, 0) is 17.6 Å². The Bertz CT molecular complexity index is 1340. The number of nitrogens with zero attached hydrogens (tertiary/aromatic N) is 1. The van der Waals surface area contributed by atoms with Crippen LogP contribution < -0.4 is 5.32 Å². The summed E-state index contributed by atoms with van der Waals surface area (Å²) in [6.07, 6.45) is 4.74. The number of fused-ring (bicyclic) bond motifs is 1. The maximum absolute atomic E-state index is 13.2. The van der Waals surface area contributed by atoms with Gasteiger partial charge in [0.25, 0.3) is 0 Å². The number of hydrogen-bond donors (Lipinski definition) is 1. The van der Waals surface area contributed by atoms with Crippen LogP contribution in [-0.4, -0.2) is 21.0 Å². The molecular weight excluding hydrogens is 562 g/mol. The second-order valence-corrected chi connectivity index (χ2v) is 12.1. The van der Waals surface area contributed by atoms with E-state index in [0.29, 0.717) is 38.3 Å². The molecule has 0 spiro atoms. The summed E-state index contributed by atoms with van der Waals surface area (Å²) in [5.74, 6) is -1.38. The molecule has 0 saturated heterocycles. The van der Waals surface area contributed by atoms with E-state index in [1.807, 2.05) is 6.07 Å². The first-order valence-corrected chi connectivity index (χ1v) is 13.4. The van der Waals surface area contributed by atoms with E-state index >= 15 is 0 Å². The van der Waals surface area contributed by atoms with Gasteiger partial charge in [0.15, 0.2) is 5.78 Å². The van der Waals surface area contributed by atoms with Crippen LogP contribution in [0.3, 0.4) is 0 Å². The van der Waals surface area contributed by atoms with Crippen molar-refractivity contribution in [1.82, 2.24) is 4.98 Å². The van der Waals surface area contributed by atoms with Gasteiger partial charge in [-0.2, -0.15) is 0 Å². The van der Waals surface area contributed by atoms with E-state index in [2.05, 4.69) is 16.4 Å². The van der Waals surface area contributed by atoms with Crippen molar-refractivity contribution in [3.05, 3.63) is 92.2 Å². The summed E-state index contributed by atoms with van der Waals surface area (Å²) >= 11 is 31.5. The van der Waals surface area contributed by atoms with Gasteiger partial charge in [0.05, 0.1) is 10.9 Å². The standard InChI is InChI=1S/C27H21Cl5N2O2/c28-17-10-16(11-18(29)12-17)24-25(27(24,31)32)26(36)34-19-4-5-21(30)20(13-19)23(35)9-14-3-6-22-15(8-14)2-1-7-33-22/h1-2,4-5,7,10-14,24-25H,3,6,8-9H2,(H,34,36). The summed E-state index contributed by atoms with van der Waals surface area (Å²) in [4.78, 5) is 30.7. The molecule has 0 aliphatic heterocycles. The molecule has 5 rings (SSSR count). The van der Waals surface area contributed by atoms with Crippen LogP contribution in [0.1, 0.15) is 45.9 Å². The number of nitrogens with one attached hydrogen (secondary N) is 1. The van der Waals surface area contributed by atoms with E-state index in [0.717, 1.165) is 25.0 Å². The van der Waals surface area contributed by atoms with E-state index in [4.69, 9.17) is 58.0 Å². The number of anilines is 1. The Balaban J connectivity index is 1.28. The average molecular weight is 583 g/mol. The van der Waals surface area contributed by atoms with E-state index < -0.39 is 16.2 Å². The molecule has 3 atom stereocenters. The van der Waals surface area contributed by atoms with Crippen molar-refractivity contribution < 1.29 is 9.59 Å². The third-order valence-corrected chi connectivity index (χ3v) is 8.58. The zero-order valence-electron chi connectivity index (χ0n) is 18.9. The highest BCUT2D eigenvalue weighted by Crippen LogP contribution is 2.65.